The molecule has 18 heavy (non-hydrogen) atoms. The van der Waals surface area contributed by atoms with Gasteiger partial charge in [-0.05, 0) is 12.3 Å². The number of nitrogens with zero attached hydrogens (tertiary/aromatic N) is 1. The van der Waals surface area contributed by atoms with Gasteiger partial charge in [0.1, 0.15) is 0 Å². The summed E-state index contributed by atoms with van der Waals surface area (Å²) in [5, 5.41) is 14.8. The van der Waals surface area contributed by atoms with Gasteiger partial charge in [0.05, 0.1) is 12.1 Å². The van der Waals surface area contributed by atoms with Crippen LogP contribution >= 0.6 is 11.3 Å². The summed E-state index contributed by atoms with van der Waals surface area (Å²) in [6, 6.07) is 0. The first kappa shape index (κ1) is 13.3. The van der Waals surface area contributed by atoms with Crippen molar-refractivity contribution >= 4 is 22.4 Å². The van der Waals surface area contributed by atoms with Gasteiger partial charge in [-0.15, -0.1) is 11.3 Å². The molecular weight excluding hydrogens is 248 g/mol. The maximum atomic E-state index is 10.5. The Bertz CT molecular complexity index is 386. The van der Waals surface area contributed by atoms with E-state index in [0.717, 1.165) is 23.3 Å². The minimum absolute atomic E-state index is 0.158. The second-order valence-corrected chi connectivity index (χ2v) is 5.76. The van der Waals surface area contributed by atoms with Gasteiger partial charge in [0, 0.05) is 18.3 Å². The maximum absolute atomic E-state index is 10.5. The molecule has 0 aromatic carbocycles. The van der Waals surface area contributed by atoms with Crippen LogP contribution in [0.5, 0.6) is 0 Å². The number of anilines is 1. The number of carboxylic acid groups (broad SMARTS) is 1. The summed E-state index contributed by atoms with van der Waals surface area (Å²) in [4.78, 5) is 14.8. The van der Waals surface area contributed by atoms with E-state index in [2.05, 4.69) is 10.3 Å². The average molecular weight is 268 g/mol. The molecule has 1 aromatic heterocycles. The van der Waals surface area contributed by atoms with Crippen molar-refractivity contribution in [3.05, 3.63) is 11.1 Å². The first-order valence-corrected chi connectivity index (χ1v) is 7.52. The van der Waals surface area contributed by atoms with Crippen molar-refractivity contribution in [2.45, 2.75) is 44.9 Å². The largest absolute Gasteiger partial charge is 0.481 e. The predicted molar refractivity (Wildman–Crippen MR) is 73.1 cm³/mol. The molecule has 100 valence electrons. The quantitative estimate of drug-likeness (QED) is 0.797. The van der Waals surface area contributed by atoms with Gasteiger partial charge in [-0.3, -0.25) is 4.79 Å². The fourth-order valence-corrected chi connectivity index (χ4v) is 3.19. The van der Waals surface area contributed by atoms with Crippen LogP contribution in [0.3, 0.4) is 0 Å². The zero-order valence-electron chi connectivity index (χ0n) is 10.5. The summed E-state index contributed by atoms with van der Waals surface area (Å²) in [6.45, 7) is 0.983. The van der Waals surface area contributed by atoms with Crippen molar-refractivity contribution in [1.29, 1.82) is 0 Å². The normalized spacial score (nSPS) is 16.0. The molecule has 0 spiro atoms. The summed E-state index contributed by atoms with van der Waals surface area (Å²) >= 11 is 1.57. The molecule has 1 fully saturated rings. The molecule has 0 unspecified atom stereocenters. The van der Waals surface area contributed by atoms with Crippen molar-refractivity contribution in [2.75, 3.05) is 11.9 Å². The monoisotopic (exact) mass is 268 g/mol. The smallest absolute Gasteiger partial charge is 0.303 e. The highest BCUT2D eigenvalue weighted by molar-refractivity contribution is 7.13. The molecule has 2 N–H and O–H groups in total. The second kappa shape index (κ2) is 6.73. The van der Waals surface area contributed by atoms with E-state index < -0.39 is 5.97 Å². The summed E-state index contributed by atoms with van der Waals surface area (Å²) in [5.74, 6) is 0.127. The maximum Gasteiger partial charge on any atom is 0.303 e. The minimum atomic E-state index is -0.765. The Hall–Kier alpha value is -1.10. The van der Waals surface area contributed by atoms with Crippen LogP contribution in [0.25, 0.3) is 0 Å². The van der Waals surface area contributed by atoms with Gasteiger partial charge >= 0.3 is 5.97 Å². The lowest BCUT2D eigenvalue weighted by Gasteiger charge is -2.08. The molecule has 1 heterocycles. The molecule has 0 aliphatic heterocycles. The number of thiazole rings is 1. The van der Waals surface area contributed by atoms with Gasteiger partial charge in [0.25, 0.3) is 0 Å². The number of aliphatic carboxylic acids is 1. The Labute approximate surface area is 111 Å². The van der Waals surface area contributed by atoms with Crippen molar-refractivity contribution < 1.29 is 9.90 Å². The average Bonchev–Trinajstić information content (AvgIpc) is 2.97. The molecule has 1 aliphatic carbocycles. The lowest BCUT2D eigenvalue weighted by Crippen LogP contribution is -2.06. The molecule has 1 aliphatic rings. The van der Waals surface area contributed by atoms with Gasteiger partial charge in [-0.2, -0.15) is 0 Å². The molecule has 5 heteroatoms. The summed E-state index contributed by atoms with van der Waals surface area (Å²) in [7, 11) is 0. The standard InChI is InChI=1S/C13H20N2O2S/c16-12(17)6-5-11-9-18-13(15-11)14-8-7-10-3-1-2-4-10/h9-10H,1-8H2,(H,14,15)(H,16,17). The van der Waals surface area contributed by atoms with Crippen LogP contribution in [0.2, 0.25) is 0 Å². The molecule has 0 amide bonds. The number of nitrogens with one attached hydrogen (secondary N) is 1. The molecule has 2 rings (SSSR count). The Balaban J connectivity index is 1.67. The van der Waals surface area contributed by atoms with Gasteiger partial charge in [-0.1, -0.05) is 25.7 Å². The van der Waals surface area contributed by atoms with E-state index in [9.17, 15) is 4.79 Å². The van der Waals surface area contributed by atoms with E-state index in [1.165, 1.54) is 32.1 Å². The van der Waals surface area contributed by atoms with Crippen LogP contribution in [0.1, 0.15) is 44.2 Å². The molecule has 0 saturated heterocycles. The first-order valence-electron chi connectivity index (χ1n) is 6.64. The van der Waals surface area contributed by atoms with Crippen LogP contribution in [0, 0.1) is 5.92 Å². The summed E-state index contributed by atoms with van der Waals surface area (Å²) in [5.41, 5.74) is 0.880. The van der Waals surface area contributed by atoms with Gasteiger partial charge < -0.3 is 10.4 Å². The van der Waals surface area contributed by atoms with Gasteiger partial charge in [-0.25, -0.2) is 4.98 Å². The van der Waals surface area contributed by atoms with Crippen LogP contribution < -0.4 is 5.32 Å². The van der Waals surface area contributed by atoms with Crippen molar-refractivity contribution in [1.82, 2.24) is 4.98 Å². The van der Waals surface area contributed by atoms with E-state index in [4.69, 9.17) is 5.11 Å². The third kappa shape index (κ3) is 4.29. The van der Waals surface area contributed by atoms with Crippen molar-refractivity contribution in [3.8, 4) is 0 Å². The third-order valence-electron chi connectivity index (χ3n) is 3.45. The van der Waals surface area contributed by atoms with Crippen LogP contribution in [0.4, 0.5) is 5.13 Å². The van der Waals surface area contributed by atoms with Crippen LogP contribution in [-0.4, -0.2) is 22.6 Å². The third-order valence-corrected chi connectivity index (χ3v) is 4.30. The molecular formula is C13H20N2O2S. The zero-order chi connectivity index (χ0) is 12.8. The van der Waals surface area contributed by atoms with Crippen LogP contribution in [0.15, 0.2) is 5.38 Å². The molecule has 1 saturated carbocycles. The van der Waals surface area contributed by atoms with E-state index in [1.54, 1.807) is 11.3 Å². The molecule has 1 aromatic rings. The lowest BCUT2D eigenvalue weighted by molar-refractivity contribution is -0.136. The van der Waals surface area contributed by atoms with E-state index >= 15 is 0 Å². The first-order chi connectivity index (χ1) is 8.74. The minimum Gasteiger partial charge on any atom is -0.481 e. The number of rotatable bonds is 7. The second-order valence-electron chi connectivity index (χ2n) is 4.90. The fourth-order valence-electron chi connectivity index (χ4n) is 2.42. The Morgan fingerprint density at radius 3 is 3.00 bits per heavy atom. The highest BCUT2D eigenvalue weighted by Crippen LogP contribution is 2.27. The van der Waals surface area contributed by atoms with E-state index in [0.29, 0.717) is 6.42 Å². The fraction of sp³-hybridized carbons (Fsp3) is 0.692. The van der Waals surface area contributed by atoms with Gasteiger partial charge in [0.15, 0.2) is 5.13 Å². The topological polar surface area (TPSA) is 62.2 Å². The molecule has 4 nitrogen and oxygen atoms in total. The number of aryl methyl sites for hydroxylation is 1. The van der Waals surface area contributed by atoms with Crippen LogP contribution in [-0.2, 0) is 11.2 Å². The number of hydrogen-bond donors (Lipinski definition) is 2. The van der Waals surface area contributed by atoms with E-state index in [-0.39, 0.29) is 6.42 Å². The SMILES string of the molecule is O=C(O)CCc1csc(NCCC2CCCC2)n1. The molecule has 0 atom stereocenters. The predicted octanol–water partition coefficient (Wildman–Crippen LogP) is 3.15. The Morgan fingerprint density at radius 1 is 1.50 bits per heavy atom. The number of carbonyl (C=O) groups is 1. The molecule has 0 bridgehead atoms. The zero-order valence-corrected chi connectivity index (χ0v) is 11.3. The van der Waals surface area contributed by atoms with E-state index in [1.807, 2.05) is 5.38 Å². The van der Waals surface area contributed by atoms with Gasteiger partial charge in [0.2, 0.25) is 0 Å². The Kier molecular flexibility index (Phi) is 4.99. The lowest BCUT2D eigenvalue weighted by atomic mass is 10.0. The highest BCUT2D eigenvalue weighted by atomic mass is 32.1. The summed E-state index contributed by atoms with van der Waals surface area (Å²) in [6.07, 6.45) is 7.45. The number of aromatic nitrogens is 1. The highest BCUT2D eigenvalue weighted by Gasteiger charge is 2.14. The Morgan fingerprint density at radius 2 is 2.28 bits per heavy atom. The van der Waals surface area contributed by atoms with Crippen molar-refractivity contribution in [2.24, 2.45) is 5.92 Å². The molecule has 0 radical (unpaired) electrons. The number of carboxylic acids is 1. The number of hydrogen-bond acceptors (Lipinski definition) is 4. The summed E-state index contributed by atoms with van der Waals surface area (Å²) < 4.78 is 0. The van der Waals surface area contributed by atoms with Crippen molar-refractivity contribution in [3.63, 3.8) is 0 Å².